The maximum atomic E-state index is 12.8. The zero-order valence-corrected chi connectivity index (χ0v) is 21.8. The molecule has 4 atom stereocenters. The molecule has 2 aliphatic carbocycles. The zero-order valence-electron chi connectivity index (χ0n) is 20.6. The molecule has 3 aliphatic heterocycles. The quantitative estimate of drug-likeness (QED) is 0.471. The summed E-state index contributed by atoms with van der Waals surface area (Å²) < 4.78 is 8.33. The van der Waals surface area contributed by atoms with E-state index >= 15 is 0 Å². The van der Waals surface area contributed by atoms with Gasteiger partial charge in [-0.2, -0.15) is 0 Å². The van der Waals surface area contributed by atoms with E-state index < -0.39 is 14.2 Å². The Morgan fingerprint density at radius 3 is 2.97 bits per heavy atom. The summed E-state index contributed by atoms with van der Waals surface area (Å²) in [5, 5.41) is 3.43. The summed E-state index contributed by atoms with van der Waals surface area (Å²) in [4.78, 5) is 19.4. The summed E-state index contributed by atoms with van der Waals surface area (Å²) >= 11 is 0. The number of carbonyl (C=O) groups is 1. The zero-order chi connectivity index (χ0) is 24.6. The second-order valence-corrected chi connectivity index (χ2v) is 13.1. The monoisotopic (exact) mass is 487 g/mol. The van der Waals surface area contributed by atoms with Gasteiger partial charge in [-0.1, -0.05) is 37.1 Å². The third-order valence-electron chi connectivity index (χ3n) is 7.43. The van der Waals surface area contributed by atoms with Gasteiger partial charge in [0.05, 0.1) is 5.70 Å². The van der Waals surface area contributed by atoms with Gasteiger partial charge in [-0.3, -0.25) is 4.79 Å². The molecule has 5 rings (SSSR count). The van der Waals surface area contributed by atoms with Crippen LogP contribution in [-0.4, -0.2) is 48.1 Å². The number of nitrogens with two attached hydrogens (primary N) is 1. The summed E-state index contributed by atoms with van der Waals surface area (Å²) in [5.41, 5.74) is 9.55. The minimum absolute atomic E-state index is 0.0656. The lowest BCUT2D eigenvalue weighted by Crippen LogP contribution is -2.65. The minimum atomic E-state index is -1.81. The Hall–Kier alpha value is -3.44. The van der Waals surface area contributed by atoms with E-state index in [9.17, 15) is 4.79 Å². The number of nitrogens with one attached hydrogen (secondary N) is 1. The summed E-state index contributed by atoms with van der Waals surface area (Å²) in [6.45, 7) is 6.88. The van der Waals surface area contributed by atoms with E-state index in [1.54, 1.807) is 13.1 Å². The second-order valence-electron chi connectivity index (χ2n) is 9.78. The van der Waals surface area contributed by atoms with E-state index in [1.165, 1.54) is 5.57 Å². The molecule has 35 heavy (non-hydrogen) atoms. The number of amides is 1. The number of amidine groups is 1. The van der Waals surface area contributed by atoms with Crippen molar-refractivity contribution in [3.05, 3.63) is 71.6 Å². The summed E-state index contributed by atoms with van der Waals surface area (Å²) in [6, 6.07) is 1.03. The number of hydrogen-bond acceptors (Lipinski definition) is 6. The van der Waals surface area contributed by atoms with Crippen molar-refractivity contribution in [1.82, 2.24) is 14.8 Å². The Kier molecular flexibility index (Phi) is 6.20. The Morgan fingerprint density at radius 1 is 1.37 bits per heavy atom. The molecule has 3 heterocycles. The summed E-state index contributed by atoms with van der Waals surface area (Å²) in [6.07, 6.45) is 19.1. The lowest BCUT2D eigenvalue weighted by molar-refractivity contribution is -0.121. The van der Waals surface area contributed by atoms with E-state index in [0.29, 0.717) is 5.84 Å². The van der Waals surface area contributed by atoms with Gasteiger partial charge in [-0.25, -0.2) is 4.99 Å². The average Bonchev–Trinajstić information content (AvgIpc) is 3.46. The average molecular weight is 488 g/mol. The van der Waals surface area contributed by atoms with E-state index in [-0.39, 0.29) is 17.9 Å². The van der Waals surface area contributed by atoms with Crippen LogP contribution >= 0.6 is 0 Å². The van der Waals surface area contributed by atoms with Gasteiger partial charge >= 0.3 is 0 Å². The predicted molar refractivity (Wildman–Crippen MR) is 141 cm³/mol. The van der Waals surface area contributed by atoms with Crippen LogP contribution in [0.2, 0.25) is 6.04 Å². The SMILES string of the molecule is CC#CC(=O)N1CCC[Si@H]1C1(C)NC(C2=CC=C(OC3C=CC=CC3)C(C)C2)=C2C(N)=NC=CN21. The van der Waals surface area contributed by atoms with Gasteiger partial charge in [-0.05, 0) is 56.4 Å². The molecule has 1 amide bonds. The number of fused-ring (bicyclic) bond motifs is 1. The van der Waals surface area contributed by atoms with Crippen molar-refractivity contribution in [1.29, 1.82) is 0 Å². The Morgan fingerprint density at radius 2 is 2.23 bits per heavy atom. The van der Waals surface area contributed by atoms with Crippen LogP contribution < -0.4 is 11.1 Å². The molecule has 5 aliphatic rings. The number of carbonyl (C=O) groups excluding carboxylic acids is 1. The van der Waals surface area contributed by atoms with Crippen molar-refractivity contribution in [3.63, 3.8) is 0 Å². The third-order valence-corrected chi connectivity index (χ3v) is 11.4. The van der Waals surface area contributed by atoms with Crippen molar-refractivity contribution >= 4 is 20.7 Å². The molecule has 0 aromatic heterocycles. The molecule has 1 fully saturated rings. The Labute approximate surface area is 209 Å². The number of allylic oxidation sites excluding steroid dienone is 6. The topological polar surface area (TPSA) is 83.2 Å². The van der Waals surface area contributed by atoms with Crippen molar-refractivity contribution in [2.45, 2.75) is 57.5 Å². The van der Waals surface area contributed by atoms with Crippen molar-refractivity contribution < 1.29 is 9.53 Å². The Balaban J connectivity index is 1.46. The standard InChI is InChI=1S/C27H33N5O2Si/c1-4-9-23(33)32-15-8-17-35(32)27(3)30-24(25-26(28)29-14-16-31(25)27)20-12-13-22(19(2)18-20)34-21-10-6-5-7-11-21/h5-7,10,12-14,16,19,21,30,35H,8,11,15,17-18H2,1-3H3,(H2,28,29)/t19?,21?,27?,35-/m0/s1. The van der Waals surface area contributed by atoms with Gasteiger partial charge in [0, 0.05) is 31.3 Å². The molecule has 0 spiro atoms. The molecular formula is C27H33N5O2Si. The Bertz CT molecular complexity index is 1200. The van der Waals surface area contributed by atoms with Gasteiger partial charge in [0.1, 0.15) is 28.7 Å². The van der Waals surface area contributed by atoms with Gasteiger partial charge < -0.3 is 25.3 Å². The van der Waals surface area contributed by atoms with Crippen LogP contribution in [0.3, 0.4) is 0 Å². The molecule has 0 radical (unpaired) electrons. The molecule has 1 saturated heterocycles. The van der Waals surface area contributed by atoms with E-state index in [1.807, 2.05) is 16.8 Å². The normalized spacial score (nSPS) is 31.3. The number of hydrogen-bond donors (Lipinski definition) is 2. The number of rotatable bonds is 4. The van der Waals surface area contributed by atoms with Gasteiger partial charge in [0.25, 0.3) is 5.91 Å². The lowest BCUT2D eigenvalue weighted by Gasteiger charge is -2.43. The first-order valence-corrected chi connectivity index (χ1v) is 14.3. The molecule has 3 unspecified atom stereocenters. The van der Waals surface area contributed by atoms with Gasteiger partial charge in [-0.15, -0.1) is 0 Å². The highest BCUT2D eigenvalue weighted by atomic mass is 28.3. The molecule has 182 valence electrons. The fourth-order valence-electron chi connectivity index (χ4n) is 5.70. The molecule has 0 saturated carbocycles. The molecular weight excluding hydrogens is 454 g/mol. The van der Waals surface area contributed by atoms with Crippen molar-refractivity contribution in [2.24, 2.45) is 16.6 Å². The first-order chi connectivity index (χ1) is 16.9. The second kappa shape index (κ2) is 9.31. The van der Waals surface area contributed by atoms with E-state index in [4.69, 9.17) is 10.5 Å². The molecule has 0 aromatic rings. The highest BCUT2D eigenvalue weighted by molar-refractivity contribution is 6.63. The van der Waals surface area contributed by atoms with Gasteiger partial charge in [0.15, 0.2) is 8.96 Å². The first kappa shape index (κ1) is 23.3. The van der Waals surface area contributed by atoms with Crippen molar-refractivity contribution in [3.8, 4) is 11.8 Å². The van der Waals surface area contributed by atoms with Gasteiger partial charge in [0.2, 0.25) is 0 Å². The largest absolute Gasteiger partial charge is 0.490 e. The fourth-order valence-corrected chi connectivity index (χ4v) is 9.44. The fraction of sp³-hybridized carbons (Fsp3) is 0.407. The summed E-state index contributed by atoms with van der Waals surface area (Å²) in [5.74, 6) is 7.22. The molecule has 7 nitrogen and oxygen atoms in total. The molecule has 3 N–H and O–H groups in total. The third kappa shape index (κ3) is 4.14. The lowest BCUT2D eigenvalue weighted by atomic mass is 9.91. The highest BCUT2D eigenvalue weighted by Crippen LogP contribution is 2.41. The molecule has 8 heteroatoms. The van der Waals surface area contributed by atoms with Crippen molar-refractivity contribution in [2.75, 3.05) is 6.54 Å². The van der Waals surface area contributed by atoms with E-state index in [2.05, 4.69) is 71.3 Å². The van der Waals surface area contributed by atoms with Crippen LogP contribution in [0, 0.1) is 17.8 Å². The maximum Gasteiger partial charge on any atom is 0.290 e. The van der Waals surface area contributed by atoms with E-state index in [0.717, 1.165) is 49.0 Å². The number of aliphatic imine (C=N–C) groups is 1. The number of ether oxygens (including phenoxy) is 1. The van der Waals surface area contributed by atoms with Crippen LogP contribution in [0.15, 0.2) is 76.6 Å². The number of nitrogens with zero attached hydrogens (tertiary/aromatic N) is 3. The van der Waals surface area contributed by atoms with Crippen LogP contribution in [0.5, 0.6) is 0 Å². The molecule has 0 bridgehead atoms. The van der Waals surface area contributed by atoms with Crippen LogP contribution in [-0.2, 0) is 9.53 Å². The molecule has 0 aromatic carbocycles. The summed E-state index contributed by atoms with van der Waals surface area (Å²) in [7, 11) is -1.81. The minimum Gasteiger partial charge on any atom is -0.490 e. The predicted octanol–water partition coefficient (Wildman–Crippen LogP) is 2.93. The first-order valence-electron chi connectivity index (χ1n) is 12.4. The highest BCUT2D eigenvalue weighted by Gasteiger charge is 2.53. The van der Waals surface area contributed by atoms with Crippen LogP contribution in [0.25, 0.3) is 0 Å². The maximum absolute atomic E-state index is 12.8. The van der Waals surface area contributed by atoms with Crippen LogP contribution in [0.4, 0.5) is 0 Å². The smallest absolute Gasteiger partial charge is 0.290 e. The van der Waals surface area contributed by atoms with Crippen LogP contribution in [0.1, 0.15) is 40.0 Å².